The van der Waals surface area contributed by atoms with Gasteiger partial charge < -0.3 is 30.3 Å². The van der Waals surface area contributed by atoms with Gasteiger partial charge in [-0.25, -0.2) is 9.97 Å². The summed E-state index contributed by atoms with van der Waals surface area (Å²) in [4.78, 5) is 21.5. The van der Waals surface area contributed by atoms with Crippen LogP contribution in [0.1, 0.15) is 27.3 Å². The minimum Gasteiger partial charge on any atom is -0.507 e. The number of amides is 1. The maximum absolute atomic E-state index is 12.5. The van der Waals surface area contributed by atoms with Crippen molar-refractivity contribution in [1.29, 1.82) is 0 Å². The Bertz CT molecular complexity index is 1380. The zero-order valence-corrected chi connectivity index (χ0v) is 23.9. The molecule has 4 rings (SSSR count). The second-order valence-electron chi connectivity index (χ2n) is 9.36. The number of hydrogen-bond acceptors (Lipinski definition) is 8. The summed E-state index contributed by atoms with van der Waals surface area (Å²) in [6, 6.07) is 23.5. The van der Waals surface area contributed by atoms with Crippen LogP contribution in [0.25, 0.3) is 11.4 Å². The summed E-state index contributed by atoms with van der Waals surface area (Å²) in [5.74, 6) is 1.27. The fourth-order valence-corrected chi connectivity index (χ4v) is 3.98. The van der Waals surface area contributed by atoms with Crippen LogP contribution in [0, 0.1) is 13.8 Å². The third-order valence-corrected chi connectivity index (χ3v) is 5.97. The Kier molecular flexibility index (Phi) is 11.9. The van der Waals surface area contributed by atoms with E-state index in [9.17, 15) is 15.0 Å². The molecule has 9 nitrogen and oxygen atoms in total. The van der Waals surface area contributed by atoms with Gasteiger partial charge in [0.2, 0.25) is 0 Å². The molecule has 0 spiro atoms. The number of phenols is 1. The first-order valence-corrected chi connectivity index (χ1v) is 13.1. The molecule has 0 aliphatic rings. The van der Waals surface area contributed by atoms with Crippen LogP contribution in [0.15, 0.2) is 78.9 Å². The number of aromatic nitrogens is 2. The zero-order valence-electron chi connectivity index (χ0n) is 23.0. The maximum atomic E-state index is 12.5. The van der Waals surface area contributed by atoms with Gasteiger partial charge in [0.15, 0.2) is 5.82 Å². The monoisotopic (exact) mass is 578 g/mol. The highest BCUT2D eigenvalue weighted by molar-refractivity contribution is 5.97. The van der Waals surface area contributed by atoms with Gasteiger partial charge in [-0.2, -0.15) is 0 Å². The summed E-state index contributed by atoms with van der Waals surface area (Å²) in [6.45, 7) is 5.47. The molecule has 1 aromatic heterocycles. The SMILES string of the molecule is Cc1cc(C)nc(-c2ccc(OCC(O)CNCCOc3ccc(O)c(C(=O)NCc4ccccc4)c3)cc2)n1.Cl. The number of aliphatic hydroxyl groups excluding tert-OH is 1. The normalized spacial score (nSPS) is 11.3. The second kappa shape index (κ2) is 15.6. The molecular weight excluding hydrogens is 544 g/mol. The Hall–Kier alpha value is -4.18. The number of carbonyl (C=O) groups is 1. The summed E-state index contributed by atoms with van der Waals surface area (Å²) < 4.78 is 11.4. The lowest BCUT2D eigenvalue weighted by Crippen LogP contribution is -2.33. The molecule has 0 saturated heterocycles. The fraction of sp³-hybridized carbons (Fsp3) is 0.258. The molecule has 1 atom stereocenters. The summed E-state index contributed by atoms with van der Waals surface area (Å²) in [5, 5.41) is 26.3. The molecule has 10 heteroatoms. The quantitative estimate of drug-likeness (QED) is 0.174. The van der Waals surface area contributed by atoms with E-state index in [4.69, 9.17) is 9.47 Å². The number of ether oxygens (including phenoxy) is 2. The number of hydrogen-bond donors (Lipinski definition) is 4. The van der Waals surface area contributed by atoms with E-state index in [0.717, 1.165) is 22.5 Å². The van der Waals surface area contributed by atoms with Crippen LogP contribution in [0.3, 0.4) is 0 Å². The van der Waals surface area contributed by atoms with Gasteiger partial charge in [0.25, 0.3) is 5.91 Å². The Morgan fingerprint density at radius 2 is 1.59 bits per heavy atom. The molecule has 0 aliphatic carbocycles. The molecule has 41 heavy (non-hydrogen) atoms. The van der Waals surface area contributed by atoms with Crippen molar-refractivity contribution in [2.75, 3.05) is 26.3 Å². The third kappa shape index (κ3) is 9.75. The highest BCUT2D eigenvalue weighted by Crippen LogP contribution is 2.23. The van der Waals surface area contributed by atoms with Crippen molar-refractivity contribution in [2.45, 2.75) is 26.5 Å². The predicted molar refractivity (Wildman–Crippen MR) is 160 cm³/mol. The largest absolute Gasteiger partial charge is 0.507 e. The number of rotatable bonds is 13. The van der Waals surface area contributed by atoms with Gasteiger partial charge in [-0.1, -0.05) is 30.3 Å². The van der Waals surface area contributed by atoms with Gasteiger partial charge in [-0.15, -0.1) is 12.4 Å². The summed E-state index contributed by atoms with van der Waals surface area (Å²) in [5.41, 5.74) is 3.83. The van der Waals surface area contributed by atoms with E-state index in [1.54, 1.807) is 6.07 Å². The molecule has 0 fully saturated rings. The molecule has 3 aromatic carbocycles. The summed E-state index contributed by atoms with van der Waals surface area (Å²) in [7, 11) is 0. The van der Waals surface area contributed by atoms with E-state index in [2.05, 4.69) is 20.6 Å². The standard InChI is InChI=1S/C31H34N4O5.ClH/c1-21-16-22(2)35-30(34-21)24-8-10-26(11-9-24)40-20-25(36)19-32-14-15-39-27-12-13-29(37)28(17-27)31(38)33-18-23-6-4-3-5-7-23;/h3-13,16-17,25,32,36-37H,14-15,18-20H2,1-2H3,(H,33,38);1H. The molecule has 4 N–H and O–H groups in total. The maximum Gasteiger partial charge on any atom is 0.255 e. The van der Waals surface area contributed by atoms with Crippen molar-refractivity contribution < 1.29 is 24.5 Å². The Labute approximate surface area is 246 Å². The highest BCUT2D eigenvalue weighted by Gasteiger charge is 2.13. The molecule has 0 saturated carbocycles. The molecule has 0 radical (unpaired) electrons. The van der Waals surface area contributed by atoms with Crippen molar-refractivity contribution in [3.8, 4) is 28.6 Å². The van der Waals surface area contributed by atoms with Crippen molar-refractivity contribution in [3.05, 3.63) is 101 Å². The minimum absolute atomic E-state index is 0. The molecule has 4 aromatic rings. The highest BCUT2D eigenvalue weighted by atomic mass is 35.5. The van der Waals surface area contributed by atoms with Crippen LogP contribution >= 0.6 is 12.4 Å². The molecule has 0 bridgehead atoms. The number of aryl methyl sites for hydroxylation is 2. The van der Waals surface area contributed by atoms with Crippen LogP contribution < -0.4 is 20.1 Å². The van der Waals surface area contributed by atoms with Crippen molar-refractivity contribution in [1.82, 2.24) is 20.6 Å². The number of aromatic hydroxyl groups is 1. The first-order chi connectivity index (χ1) is 19.4. The molecule has 1 heterocycles. The first kappa shape index (κ1) is 31.3. The second-order valence-corrected chi connectivity index (χ2v) is 9.36. The number of phenolic OH excluding ortho intramolecular Hbond substituents is 1. The number of nitrogens with zero attached hydrogens (tertiary/aromatic N) is 2. The number of carbonyl (C=O) groups excluding carboxylic acids is 1. The molecule has 0 aliphatic heterocycles. The topological polar surface area (TPSA) is 126 Å². The van der Waals surface area contributed by atoms with Gasteiger partial charge in [0.1, 0.15) is 36.6 Å². The van der Waals surface area contributed by atoms with Crippen LogP contribution in [-0.4, -0.2) is 58.5 Å². The molecule has 1 amide bonds. The van der Waals surface area contributed by atoms with E-state index >= 15 is 0 Å². The van der Waals surface area contributed by atoms with E-state index in [1.807, 2.05) is 74.5 Å². The first-order valence-electron chi connectivity index (χ1n) is 13.1. The van der Waals surface area contributed by atoms with E-state index in [-0.39, 0.29) is 36.2 Å². The van der Waals surface area contributed by atoms with Gasteiger partial charge in [0, 0.05) is 36.6 Å². The smallest absolute Gasteiger partial charge is 0.255 e. The fourth-order valence-electron chi connectivity index (χ4n) is 3.98. The summed E-state index contributed by atoms with van der Waals surface area (Å²) >= 11 is 0. The average molecular weight is 579 g/mol. The summed E-state index contributed by atoms with van der Waals surface area (Å²) in [6.07, 6.45) is -0.712. The average Bonchev–Trinajstić information content (AvgIpc) is 2.95. The number of nitrogens with one attached hydrogen (secondary N) is 2. The number of aliphatic hydroxyl groups is 1. The minimum atomic E-state index is -0.712. The zero-order chi connectivity index (χ0) is 28.3. The van der Waals surface area contributed by atoms with Gasteiger partial charge in [-0.3, -0.25) is 4.79 Å². The lowest BCUT2D eigenvalue weighted by atomic mass is 10.1. The van der Waals surface area contributed by atoms with E-state index in [1.165, 1.54) is 12.1 Å². The van der Waals surface area contributed by atoms with Gasteiger partial charge in [-0.05, 0) is 67.9 Å². The lowest BCUT2D eigenvalue weighted by Gasteiger charge is -2.14. The van der Waals surface area contributed by atoms with E-state index < -0.39 is 6.10 Å². The van der Waals surface area contributed by atoms with Gasteiger partial charge >= 0.3 is 0 Å². The Balaban J connectivity index is 0.00000462. The molecule has 1 unspecified atom stereocenters. The third-order valence-electron chi connectivity index (χ3n) is 5.97. The lowest BCUT2D eigenvalue weighted by molar-refractivity contribution is 0.0947. The van der Waals surface area contributed by atoms with Gasteiger partial charge in [0.05, 0.1) is 5.56 Å². The molecule has 216 valence electrons. The van der Waals surface area contributed by atoms with Crippen molar-refractivity contribution in [3.63, 3.8) is 0 Å². The van der Waals surface area contributed by atoms with Crippen LogP contribution in [0.4, 0.5) is 0 Å². The Morgan fingerprint density at radius 3 is 2.29 bits per heavy atom. The van der Waals surface area contributed by atoms with Crippen LogP contribution in [-0.2, 0) is 6.54 Å². The van der Waals surface area contributed by atoms with Crippen LogP contribution in [0.2, 0.25) is 0 Å². The molecular formula is C31H35ClN4O5. The van der Waals surface area contributed by atoms with Crippen molar-refractivity contribution in [2.24, 2.45) is 0 Å². The number of halogens is 1. The predicted octanol–water partition coefficient (Wildman–Crippen LogP) is 4.23. The number of benzene rings is 3. The van der Waals surface area contributed by atoms with Crippen molar-refractivity contribution >= 4 is 18.3 Å². The van der Waals surface area contributed by atoms with Crippen LogP contribution in [0.5, 0.6) is 17.2 Å². The Morgan fingerprint density at radius 1 is 0.902 bits per heavy atom. The van der Waals surface area contributed by atoms with E-state index in [0.29, 0.717) is 43.6 Å².